The Morgan fingerprint density at radius 1 is 1.22 bits per heavy atom. The first-order valence-corrected chi connectivity index (χ1v) is 7.52. The second kappa shape index (κ2) is 6.59. The number of amides is 1. The summed E-state index contributed by atoms with van der Waals surface area (Å²) in [6.45, 7) is -0.161. The second-order valence-corrected chi connectivity index (χ2v) is 5.56. The highest BCUT2D eigenvalue weighted by Gasteiger charge is 2.51. The molecule has 3 rings (SSSR count). The molecule has 116 valence electrons. The highest BCUT2D eigenvalue weighted by molar-refractivity contribution is 5.81. The molecule has 0 saturated carbocycles. The monoisotopic (exact) mass is 307 g/mol. The molecule has 23 heavy (non-hydrogen) atoms. The van der Waals surface area contributed by atoms with Crippen molar-refractivity contribution >= 4 is 5.91 Å². The predicted octanol–water partition coefficient (Wildman–Crippen LogP) is 1.50. The lowest BCUT2D eigenvalue weighted by Gasteiger charge is -2.51. The van der Waals surface area contributed by atoms with E-state index in [9.17, 15) is 15.2 Å². The number of carbonyl (C=O) groups is 1. The van der Waals surface area contributed by atoms with Crippen LogP contribution >= 0.6 is 0 Å². The van der Waals surface area contributed by atoms with Crippen molar-refractivity contribution in [2.24, 2.45) is 0 Å². The Labute approximate surface area is 134 Å². The van der Waals surface area contributed by atoms with E-state index in [1.807, 2.05) is 36.4 Å². The van der Waals surface area contributed by atoms with Crippen LogP contribution in [-0.2, 0) is 11.2 Å². The number of rotatable bonds is 4. The van der Waals surface area contributed by atoms with E-state index < -0.39 is 6.04 Å². The molecule has 0 bridgehead atoms. The van der Waals surface area contributed by atoms with Crippen LogP contribution in [0, 0.1) is 11.3 Å². The third-order valence-electron chi connectivity index (χ3n) is 4.26. The van der Waals surface area contributed by atoms with E-state index in [1.165, 1.54) is 4.90 Å². The quantitative estimate of drug-likeness (QED) is 0.928. The number of hydrogen-bond donors (Lipinski definition) is 1. The Hall–Kier alpha value is -2.71. The zero-order chi connectivity index (χ0) is 16.2. The van der Waals surface area contributed by atoms with Gasteiger partial charge in [-0.2, -0.15) is 5.26 Å². The van der Waals surface area contributed by atoms with E-state index in [1.54, 1.807) is 18.3 Å². The van der Waals surface area contributed by atoms with Crippen molar-refractivity contribution in [3.63, 3.8) is 0 Å². The molecule has 1 amide bonds. The standard InChI is InChI=1S/C18H17N3O2/c19-11-15-18(13-6-2-1-3-7-13)16(12-22)21(15)17(23)10-14-8-4-5-9-20-14/h1-9,15-16,18,22H,10,12H2/t15-,16+,18+/m0/s1. The van der Waals surface area contributed by atoms with Crippen LogP contribution < -0.4 is 0 Å². The molecular weight excluding hydrogens is 290 g/mol. The van der Waals surface area contributed by atoms with E-state index in [4.69, 9.17) is 0 Å². The zero-order valence-corrected chi connectivity index (χ0v) is 12.5. The Morgan fingerprint density at radius 2 is 1.96 bits per heavy atom. The summed E-state index contributed by atoms with van der Waals surface area (Å²) in [5, 5.41) is 19.2. The molecule has 1 N–H and O–H groups in total. The molecule has 5 heteroatoms. The Balaban J connectivity index is 1.80. The van der Waals surface area contributed by atoms with Gasteiger partial charge in [-0.15, -0.1) is 0 Å². The molecule has 1 saturated heterocycles. The molecule has 1 aromatic carbocycles. The molecule has 2 heterocycles. The average Bonchev–Trinajstić information content (AvgIpc) is 2.56. The number of aliphatic hydroxyl groups is 1. The summed E-state index contributed by atoms with van der Waals surface area (Å²) in [6, 6.07) is 16.2. The largest absolute Gasteiger partial charge is 0.394 e. The van der Waals surface area contributed by atoms with Gasteiger partial charge in [-0.1, -0.05) is 36.4 Å². The van der Waals surface area contributed by atoms with Crippen molar-refractivity contribution in [3.05, 3.63) is 66.0 Å². The molecular formula is C18H17N3O2. The van der Waals surface area contributed by atoms with Gasteiger partial charge in [-0.25, -0.2) is 0 Å². The maximum Gasteiger partial charge on any atom is 0.230 e. The molecule has 3 atom stereocenters. The first-order chi connectivity index (χ1) is 11.3. The van der Waals surface area contributed by atoms with Gasteiger partial charge in [0.05, 0.1) is 25.1 Å². The van der Waals surface area contributed by atoms with Gasteiger partial charge in [-0.05, 0) is 17.7 Å². The lowest BCUT2D eigenvalue weighted by molar-refractivity contribution is -0.146. The zero-order valence-electron chi connectivity index (χ0n) is 12.5. The van der Waals surface area contributed by atoms with Gasteiger partial charge in [-0.3, -0.25) is 9.78 Å². The summed E-state index contributed by atoms with van der Waals surface area (Å²) in [4.78, 5) is 18.2. The molecule has 5 nitrogen and oxygen atoms in total. The first-order valence-electron chi connectivity index (χ1n) is 7.52. The van der Waals surface area contributed by atoms with Gasteiger partial charge in [0.15, 0.2) is 0 Å². The molecule has 0 unspecified atom stereocenters. The number of likely N-dealkylation sites (tertiary alicyclic amines) is 1. The molecule has 0 spiro atoms. The van der Waals surface area contributed by atoms with E-state index >= 15 is 0 Å². The molecule has 1 fully saturated rings. The Bertz CT molecular complexity index is 712. The van der Waals surface area contributed by atoms with Crippen LogP contribution in [0.3, 0.4) is 0 Å². The third-order valence-corrected chi connectivity index (χ3v) is 4.26. The number of benzene rings is 1. The molecule has 2 aromatic rings. The molecule has 1 aliphatic rings. The van der Waals surface area contributed by atoms with E-state index in [-0.39, 0.29) is 30.9 Å². The predicted molar refractivity (Wildman–Crippen MR) is 84.2 cm³/mol. The van der Waals surface area contributed by atoms with E-state index in [2.05, 4.69) is 11.1 Å². The van der Waals surface area contributed by atoms with Gasteiger partial charge in [0.2, 0.25) is 5.91 Å². The maximum atomic E-state index is 12.5. The van der Waals surface area contributed by atoms with Gasteiger partial charge < -0.3 is 10.0 Å². The van der Waals surface area contributed by atoms with Crippen LogP contribution in [0.1, 0.15) is 17.2 Å². The smallest absolute Gasteiger partial charge is 0.230 e. The summed E-state index contributed by atoms with van der Waals surface area (Å²) < 4.78 is 0. The lowest BCUT2D eigenvalue weighted by Crippen LogP contribution is -2.65. The van der Waals surface area contributed by atoms with Gasteiger partial charge in [0.1, 0.15) is 6.04 Å². The summed E-state index contributed by atoms with van der Waals surface area (Å²) in [5.74, 6) is -0.333. The SMILES string of the molecule is N#C[C@H]1[C@@H](c2ccccc2)[C@@H](CO)N1C(=O)Cc1ccccn1. The van der Waals surface area contributed by atoms with Gasteiger partial charge in [0.25, 0.3) is 0 Å². The molecule has 1 aliphatic heterocycles. The second-order valence-electron chi connectivity index (χ2n) is 5.56. The molecule has 1 aromatic heterocycles. The Kier molecular flexibility index (Phi) is 4.35. The van der Waals surface area contributed by atoms with Crippen LogP contribution in [0.2, 0.25) is 0 Å². The number of nitriles is 1. The maximum absolute atomic E-state index is 12.5. The van der Waals surface area contributed by atoms with Crippen LogP contribution in [0.4, 0.5) is 0 Å². The highest BCUT2D eigenvalue weighted by atomic mass is 16.3. The number of nitrogens with zero attached hydrogens (tertiary/aromatic N) is 3. The average molecular weight is 307 g/mol. The normalized spacial score (nSPS) is 23.0. The highest BCUT2D eigenvalue weighted by Crippen LogP contribution is 2.40. The fraction of sp³-hybridized carbons (Fsp3) is 0.278. The minimum Gasteiger partial charge on any atom is -0.394 e. The van der Waals surface area contributed by atoms with Crippen molar-refractivity contribution in [1.82, 2.24) is 9.88 Å². The lowest BCUT2D eigenvalue weighted by atomic mass is 9.75. The van der Waals surface area contributed by atoms with Crippen LogP contribution in [0.25, 0.3) is 0 Å². The van der Waals surface area contributed by atoms with Crippen molar-refractivity contribution in [2.75, 3.05) is 6.61 Å². The fourth-order valence-corrected chi connectivity index (χ4v) is 3.17. The minimum atomic E-state index is -0.550. The van der Waals surface area contributed by atoms with Crippen molar-refractivity contribution < 1.29 is 9.90 Å². The van der Waals surface area contributed by atoms with Gasteiger partial charge in [0, 0.05) is 17.8 Å². The van der Waals surface area contributed by atoms with Gasteiger partial charge >= 0.3 is 0 Å². The summed E-state index contributed by atoms with van der Waals surface area (Å²) in [5.41, 5.74) is 1.63. The van der Waals surface area contributed by atoms with E-state index in [0.29, 0.717) is 5.69 Å². The van der Waals surface area contributed by atoms with Crippen molar-refractivity contribution in [1.29, 1.82) is 5.26 Å². The molecule has 0 aliphatic carbocycles. The first kappa shape index (κ1) is 15.2. The topological polar surface area (TPSA) is 77.2 Å². The van der Waals surface area contributed by atoms with Crippen molar-refractivity contribution in [2.45, 2.75) is 24.4 Å². The summed E-state index contributed by atoms with van der Waals surface area (Å²) in [7, 11) is 0. The number of aliphatic hydroxyl groups excluding tert-OH is 1. The van der Waals surface area contributed by atoms with Crippen LogP contribution in [-0.4, -0.2) is 39.6 Å². The van der Waals surface area contributed by atoms with E-state index in [0.717, 1.165) is 5.56 Å². The number of aromatic nitrogens is 1. The third kappa shape index (κ3) is 2.81. The number of pyridine rings is 1. The van der Waals surface area contributed by atoms with Crippen molar-refractivity contribution in [3.8, 4) is 6.07 Å². The van der Waals surface area contributed by atoms with Crippen LogP contribution in [0.5, 0.6) is 0 Å². The number of hydrogen-bond acceptors (Lipinski definition) is 4. The van der Waals surface area contributed by atoms with Crippen LogP contribution in [0.15, 0.2) is 54.7 Å². The Morgan fingerprint density at radius 3 is 2.57 bits per heavy atom. The summed E-state index contributed by atoms with van der Waals surface area (Å²) >= 11 is 0. The number of carbonyl (C=O) groups excluding carboxylic acids is 1. The minimum absolute atomic E-state index is 0.136. The fourth-order valence-electron chi connectivity index (χ4n) is 3.17. The summed E-state index contributed by atoms with van der Waals surface area (Å²) in [6.07, 6.45) is 1.77. The molecule has 0 radical (unpaired) electrons.